The van der Waals surface area contributed by atoms with E-state index in [1.165, 1.54) is 11.3 Å². The average molecular weight is 298 g/mol. The third-order valence-electron chi connectivity index (χ3n) is 2.38. The van der Waals surface area contributed by atoms with Crippen LogP contribution in [0.3, 0.4) is 0 Å². The van der Waals surface area contributed by atoms with Crippen molar-refractivity contribution in [2.75, 3.05) is 6.54 Å². The van der Waals surface area contributed by atoms with Crippen LogP contribution in [0.4, 0.5) is 0 Å². The lowest BCUT2D eigenvalue weighted by Crippen LogP contribution is -2.50. The Morgan fingerprint density at radius 2 is 2.10 bits per heavy atom. The van der Waals surface area contributed by atoms with E-state index < -0.39 is 6.04 Å². The molecule has 1 atom stereocenters. The van der Waals surface area contributed by atoms with Crippen molar-refractivity contribution >= 4 is 23.2 Å². The fraction of sp³-hybridized carbons (Fsp3) is 0.615. The minimum Gasteiger partial charge on any atom is -0.350 e. The predicted molar refractivity (Wildman–Crippen MR) is 79.7 cm³/mol. The van der Waals surface area contributed by atoms with E-state index in [0.29, 0.717) is 18.7 Å². The maximum Gasteiger partial charge on any atom is 0.271 e. The molecule has 4 N–H and O–H groups in total. The van der Waals surface area contributed by atoms with Gasteiger partial charge in [-0.05, 0) is 34.2 Å². The van der Waals surface area contributed by atoms with Crippen LogP contribution in [0, 0.1) is 0 Å². The standard InChI is InChI=1S/C13H22N4O2S/c1-8(11(18)17-13(2,3)4)15-12(19)9-7-20-10(16-9)5-6-14/h7-8H,5-6,14H2,1-4H3,(H,15,19)(H,17,18). The van der Waals surface area contributed by atoms with Crippen molar-refractivity contribution in [2.45, 2.75) is 45.7 Å². The highest BCUT2D eigenvalue weighted by molar-refractivity contribution is 7.09. The third-order valence-corrected chi connectivity index (χ3v) is 3.29. The first-order valence-electron chi connectivity index (χ1n) is 6.50. The van der Waals surface area contributed by atoms with E-state index in [-0.39, 0.29) is 17.4 Å². The maximum absolute atomic E-state index is 12.0. The Morgan fingerprint density at radius 1 is 1.45 bits per heavy atom. The number of nitrogens with one attached hydrogen (secondary N) is 2. The molecule has 112 valence electrons. The van der Waals surface area contributed by atoms with Crippen LogP contribution in [-0.4, -0.2) is 34.9 Å². The topological polar surface area (TPSA) is 97.1 Å². The third kappa shape index (κ3) is 5.26. The maximum atomic E-state index is 12.0. The highest BCUT2D eigenvalue weighted by Crippen LogP contribution is 2.10. The first kappa shape index (κ1) is 16.6. The molecule has 0 bridgehead atoms. The van der Waals surface area contributed by atoms with Crippen molar-refractivity contribution < 1.29 is 9.59 Å². The van der Waals surface area contributed by atoms with Gasteiger partial charge in [-0.25, -0.2) is 4.98 Å². The van der Waals surface area contributed by atoms with Gasteiger partial charge < -0.3 is 16.4 Å². The highest BCUT2D eigenvalue weighted by Gasteiger charge is 2.22. The van der Waals surface area contributed by atoms with Gasteiger partial charge in [-0.15, -0.1) is 11.3 Å². The SMILES string of the molecule is CC(NC(=O)c1csc(CCN)n1)C(=O)NC(C)(C)C. The number of nitrogens with zero attached hydrogens (tertiary/aromatic N) is 1. The zero-order chi connectivity index (χ0) is 15.3. The van der Waals surface area contributed by atoms with Gasteiger partial charge in [0.1, 0.15) is 11.7 Å². The number of thiazole rings is 1. The molecule has 0 aliphatic rings. The molecule has 1 rings (SSSR count). The Balaban J connectivity index is 2.58. The van der Waals surface area contributed by atoms with E-state index in [9.17, 15) is 9.59 Å². The zero-order valence-corrected chi connectivity index (χ0v) is 13.1. The van der Waals surface area contributed by atoms with Gasteiger partial charge in [-0.1, -0.05) is 0 Å². The summed E-state index contributed by atoms with van der Waals surface area (Å²) in [6.45, 7) is 7.81. The molecular weight excluding hydrogens is 276 g/mol. The molecule has 2 amide bonds. The summed E-state index contributed by atoms with van der Waals surface area (Å²) in [4.78, 5) is 28.0. The van der Waals surface area contributed by atoms with Crippen molar-refractivity contribution in [3.8, 4) is 0 Å². The summed E-state index contributed by atoms with van der Waals surface area (Å²) in [5.41, 5.74) is 5.44. The Bertz CT molecular complexity index is 479. The number of nitrogens with two attached hydrogens (primary N) is 1. The number of aromatic nitrogens is 1. The second kappa shape index (κ2) is 6.81. The van der Waals surface area contributed by atoms with E-state index in [0.717, 1.165) is 5.01 Å². The molecule has 1 unspecified atom stereocenters. The molecule has 0 saturated heterocycles. The Hall–Kier alpha value is -1.47. The van der Waals surface area contributed by atoms with Gasteiger partial charge in [0.15, 0.2) is 0 Å². The van der Waals surface area contributed by atoms with Gasteiger partial charge in [-0.3, -0.25) is 9.59 Å². The summed E-state index contributed by atoms with van der Waals surface area (Å²) >= 11 is 1.40. The summed E-state index contributed by atoms with van der Waals surface area (Å²) in [6.07, 6.45) is 0.651. The lowest BCUT2D eigenvalue weighted by Gasteiger charge is -2.23. The van der Waals surface area contributed by atoms with Gasteiger partial charge >= 0.3 is 0 Å². The lowest BCUT2D eigenvalue weighted by molar-refractivity contribution is -0.124. The molecule has 0 saturated carbocycles. The van der Waals surface area contributed by atoms with E-state index in [4.69, 9.17) is 5.73 Å². The molecule has 0 fully saturated rings. The quantitative estimate of drug-likeness (QED) is 0.744. The number of hydrogen-bond acceptors (Lipinski definition) is 5. The molecule has 1 aromatic rings. The molecule has 0 spiro atoms. The Morgan fingerprint density at radius 3 is 2.65 bits per heavy atom. The monoisotopic (exact) mass is 298 g/mol. The minimum atomic E-state index is -0.610. The summed E-state index contributed by atoms with van der Waals surface area (Å²) in [7, 11) is 0. The van der Waals surface area contributed by atoms with E-state index in [1.54, 1.807) is 12.3 Å². The van der Waals surface area contributed by atoms with Crippen LogP contribution in [0.5, 0.6) is 0 Å². The van der Waals surface area contributed by atoms with Gasteiger partial charge in [0.05, 0.1) is 5.01 Å². The lowest BCUT2D eigenvalue weighted by atomic mass is 10.1. The molecule has 7 heteroatoms. The molecular formula is C13H22N4O2S. The van der Waals surface area contributed by atoms with Gasteiger partial charge in [0, 0.05) is 17.3 Å². The normalized spacial score (nSPS) is 12.8. The van der Waals surface area contributed by atoms with Gasteiger partial charge in [0.25, 0.3) is 5.91 Å². The van der Waals surface area contributed by atoms with Crippen molar-refractivity contribution in [2.24, 2.45) is 5.73 Å². The molecule has 1 aromatic heterocycles. The number of amides is 2. The molecule has 0 aliphatic carbocycles. The van der Waals surface area contributed by atoms with Crippen LogP contribution in [0.2, 0.25) is 0 Å². The largest absolute Gasteiger partial charge is 0.350 e. The summed E-state index contributed by atoms with van der Waals surface area (Å²) in [5, 5.41) is 7.95. The summed E-state index contributed by atoms with van der Waals surface area (Å²) < 4.78 is 0. The van der Waals surface area contributed by atoms with Gasteiger partial charge in [-0.2, -0.15) is 0 Å². The predicted octanol–water partition coefficient (Wildman–Crippen LogP) is 0.677. The zero-order valence-electron chi connectivity index (χ0n) is 12.3. The number of rotatable bonds is 5. The molecule has 0 aliphatic heterocycles. The minimum absolute atomic E-state index is 0.219. The first-order valence-corrected chi connectivity index (χ1v) is 7.38. The smallest absolute Gasteiger partial charge is 0.271 e. The molecule has 1 heterocycles. The fourth-order valence-corrected chi connectivity index (χ4v) is 2.26. The molecule has 0 radical (unpaired) electrons. The van der Waals surface area contributed by atoms with E-state index >= 15 is 0 Å². The second-order valence-electron chi connectivity index (χ2n) is 5.60. The number of carbonyl (C=O) groups is 2. The van der Waals surface area contributed by atoms with E-state index in [2.05, 4.69) is 15.6 Å². The number of carbonyl (C=O) groups excluding carboxylic acids is 2. The summed E-state index contributed by atoms with van der Waals surface area (Å²) in [6, 6.07) is -0.610. The first-order chi connectivity index (χ1) is 9.23. The van der Waals surface area contributed by atoms with Crippen LogP contribution >= 0.6 is 11.3 Å². The highest BCUT2D eigenvalue weighted by atomic mass is 32.1. The van der Waals surface area contributed by atoms with Crippen molar-refractivity contribution in [1.29, 1.82) is 0 Å². The fourth-order valence-electron chi connectivity index (χ4n) is 1.47. The van der Waals surface area contributed by atoms with Crippen LogP contribution < -0.4 is 16.4 Å². The van der Waals surface area contributed by atoms with Crippen molar-refractivity contribution in [3.05, 3.63) is 16.1 Å². The second-order valence-corrected chi connectivity index (χ2v) is 6.54. The van der Waals surface area contributed by atoms with Crippen LogP contribution in [0.1, 0.15) is 43.2 Å². The van der Waals surface area contributed by atoms with Crippen LogP contribution in [0.25, 0.3) is 0 Å². The van der Waals surface area contributed by atoms with Crippen molar-refractivity contribution in [3.63, 3.8) is 0 Å². The molecule has 6 nitrogen and oxygen atoms in total. The van der Waals surface area contributed by atoms with Crippen molar-refractivity contribution in [1.82, 2.24) is 15.6 Å². The Kier molecular flexibility index (Phi) is 5.64. The van der Waals surface area contributed by atoms with E-state index in [1.807, 2.05) is 20.8 Å². The summed E-state index contributed by atoms with van der Waals surface area (Å²) in [5.74, 6) is -0.565. The van der Waals surface area contributed by atoms with Gasteiger partial charge in [0.2, 0.25) is 5.91 Å². The van der Waals surface area contributed by atoms with Crippen LogP contribution in [0.15, 0.2) is 5.38 Å². The average Bonchev–Trinajstić information content (AvgIpc) is 2.75. The molecule has 0 aromatic carbocycles. The Labute approximate surface area is 123 Å². The molecule has 20 heavy (non-hydrogen) atoms. The van der Waals surface area contributed by atoms with Crippen LogP contribution in [-0.2, 0) is 11.2 Å². The number of hydrogen-bond donors (Lipinski definition) is 3.